The summed E-state index contributed by atoms with van der Waals surface area (Å²) in [5.41, 5.74) is 3.45. The Morgan fingerprint density at radius 1 is 1.24 bits per heavy atom. The summed E-state index contributed by atoms with van der Waals surface area (Å²) in [6.45, 7) is -0.0952. The van der Waals surface area contributed by atoms with Crippen LogP contribution in [0.25, 0.3) is 0 Å². The van der Waals surface area contributed by atoms with Crippen LogP contribution >= 0.6 is 11.6 Å². The zero-order chi connectivity index (χ0) is 17.5. The topological polar surface area (TPSA) is 55.6 Å². The lowest BCUT2D eigenvalue weighted by Crippen LogP contribution is -2.24. The Morgan fingerprint density at radius 3 is 2.76 bits per heavy atom. The van der Waals surface area contributed by atoms with E-state index in [1.54, 1.807) is 30.5 Å². The number of ether oxygens (including phenoxy) is 1. The molecule has 132 valence electrons. The highest BCUT2D eigenvalue weighted by Gasteiger charge is 2.14. The van der Waals surface area contributed by atoms with Crippen LogP contribution in [0.15, 0.2) is 47.8 Å². The first kappa shape index (κ1) is 17.5. The van der Waals surface area contributed by atoms with E-state index in [0.29, 0.717) is 16.8 Å². The number of carbonyl (C=O) groups excluding carboxylic acids is 1. The normalized spacial score (nSPS) is 15.4. The second-order valence-corrected chi connectivity index (χ2v) is 6.66. The van der Waals surface area contributed by atoms with Crippen LogP contribution in [0, 0.1) is 0 Å². The van der Waals surface area contributed by atoms with Crippen molar-refractivity contribution in [3.05, 3.63) is 53.3 Å². The summed E-state index contributed by atoms with van der Waals surface area (Å²) in [6, 6.07) is 9.46. The Labute approximate surface area is 152 Å². The van der Waals surface area contributed by atoms with E-state index in [-0.39, 0.29) is 12.5 Å². The van der Waals surface area contributed by atoms with Gasteiger partial charge in [0.15, 0.2) is 6.61 Å². The summed E-state index contributed by atoms with van der Waals surface area (Å²) in [6.07, 6.45) is 12.2. The Bertz CT molecular complexity index is 719. The molecule has 1 heterocycles. The molecule has 2 aromatic rings. The fourth-order valence-corrected chi connectivity index (χ4v) is 3.13. The molecule has 1 N–H and O–H groups in total. The molecular formula is C19H22ClN3O2. The first-order chi connectivity index (χ1) is 12.2. The summed E-state index contributed by atoms with van der Waals surface area (Å²) >= 11 is 5.80. The minimum Gasteiger partial charge on any atom is -0.484 e. The van der Waals surface area contributed by atoms with E-state index >= 15 is 0 Å². The number of hydrazone groups is 1. The van der Waals surface area contributed by atoms with Crippen LogP contribution in [0.3, 0.4) is 0 Å². The highest BCUT2D eigenvalue weighted by Crippen LogP contribution is 2.28. The molecule has 0 aliphatic heterocycles. The van der Waals surface area contributed by atoms with Gasteiger partial charge in [0, 0.05) is 29.0 Å². The molecule has 1 aromatic heterocycles. The summed E-state index contributed by atoms with van der Waals surface area (Å²) in [7, 11) is 0. The van der Waals surface area contributed by atoms with Gasteiger partial charge in [0.05, 0.1) is 6.21 Å². The highest BCUT2D eigenvalue weighted by atomic mass is 35.5. The molecule has 25 heavy (non-hydrogen) atoms. The first-order valence-corrected chi connectivity index (χ1v) is 8.96. The van der Waals surface area contributed by atoms with Gasteiger partial charge in [-0.25, -0.2) is 5.43 Å². The third-order valence-corrected chi connectivity index (χ3v) is 4.57. The van der Waals surface area contributed by atoms with Crippen molar-refractivity contribution in [2.24, 2.45) is 5.10 Å². The summed E-state index contributed by atoms with van der Waals surface area (Å²) in [5.74, 6) is 0.283. The van der Waals surface area contributed by atoms with E-state index in [4.69, 9.17) is 16.3 Å². The average Bonchev–Trinajstić information content (AvgIpc) is 3.11. The van der Waals surface area contributed by atoms with Crippen molar-refractivity contribution in [1.29, 1.82) is 0 Å². The van der Waals surface area contributed by atoms with Crippen molar-refractivity contribution in [2.75, 3.05) is 6.61 Å². The smallest absolute Gasteiger partial charge is 0.277 e. The summed E-state index contributed by atoms with van der Waals surface area (Å²) < 4.78 is 7.62. The number of nitrogens with zero attached hydrogens (tertiary/aromatic N) is 2. The molecule has 0 bridgehead atoms. The second-order valence-electron chi connectivity index (χ2n) is 6.22. The summed E-state index contributed by atoms with van der Waals surface area (Å²) in [5, 5.41) is 4.61. The lowest BCUT2D eigenvalue weighted by atomic mass is 9.95. The van der Waals surface area contributed by atoms with Crippen molar-refractivity contribution >= 4 is 23.7 Å². The number of carbonyl (C=O) groups is 1. The zero-order valence-corrected chi connectivity index (χ0v) is 14.8. The number of aromatic nitrogens is 1. The number of nitrogens with one attached hydrogen (secondary N) is 1. The van der Waals surface area contributed by atoms with Gasteiger partial charge in [-0.2, -0.15) is 5.10 Å². The number of hydrogen-bond acceptors (Lipinski definition) is 3. The maximum absolute atomic E-state index is 11.7. The van der Waals surface area contributed by atoms with Crippen LogP contribution in [-0.2, 0) is 4.79 Å². The fraction of sp³-hybridized carbons (Fsp3) is 0.368. The molecule has 1 amide bonds. The molecule has 1 aromatic carbocycles. The van der Waals surface area contributed by atoms with E-state index in [9.17, 15) is 4.79 Å². The molecule has 0 saturated heterocycles. The third kappa shape index (κ3) is 5.36. The van der Waals surface area contributed by atoms with Gasteiger partial charge in [-0.3, -0.25) is 4.79 Å². The third-order valence-electron chi connectivity index (χ3n) is 4.32. The lowest BCUT2D eigenvalue weighted by Gasteiger charge is -2.23. The largest absolute Gasteiger partial charge is 0.484 e. The first-order valence-electron chi connectivity index (χ1n) is 8.58. The van der Waals surface area contributed by atoms with Crippen LogP contribution < -0.4 is 10.2 Å². The van der Waals surface area contributed by atoms with Crippen LogP contribution in [0.1, 0.15) is 43.7 Å². The van der Waals surface area contributed by atoms with Gasteiger partial charge in [0.25, 0.3) is 5.91 Å². The Kier molecular flexibility index (Phi) is 6.12. The Morgan fingerprint density at radius 2 is 2.00 bits per heavy atom. The standard InChI is InChI=1S/C19H22ClN3O2/c20-16-6-8-18(9-7-16)25-14-19(24)22-21-12-15-10-11-23(13-15)17-4-2-1-3-5-17/h6-13,17H,1-5,14H2,(H,22,24)/b21-12-. The van der Waals surface area contributed by atoms with E-state index in [2.05, 4.69) is 27.5 Å². The average molecular weight is 360 g/mol. The number of rotatable bonds is 6. The Hall–Kier alpha value is -2.27. The van der Waals surface area contributed by atoms with Gasteiger partial charge >= 0.3 is 0 Å². The van der Waals surface area contributed by atoms with Gasteiger partial charge in [-0.05, 0) is 43.2 Å². The zero-order valence-electron chi connectivity index (χ0n) is 14.0. The number of amides is 1. The maximum atomic E-state index is 11.7. The molecule has 1 aliphatic rings. The number of hydrogen-bond donors (Lipinski definition) is 1. The summed E-state index contributed by atoms with van der Waals surface area (Å²) in [4.78, 5) is 11.7. The molecule has 1 fully saturated rings. The predicted molar refractivity (Wildman–Crippen MR) is 99.2 cm³/mol. The molecule has 1 saturated carbocycles. The minimum atomic E-state index is -0.307. The van der Waals surface area contributed by atoms with Gasteiger partial charge in [-0.1, -0.05) is 30.9 Å². The molecule has 0 radical (unpaired) electrons. The van der Waals surface area contributed by atoms with Crippen LogP contribution in [-0.4, -0.2) is 23.3 Å². The fourth-order valence-electron chi connectivity index (χ4n) is 3.00. The molecule has 1 aliphatic carbocycles. The predicted octanol–water partition coefficient (Wildman–Crippen LogP) is 4.18. The minimum absolute atomic E-state index is 0.0952. The van der Waals surface area contributed by atoms with E-state index in [1.807, 2.05) is 6.07 Å². The number of benzene rings is 1. The number of halogens is 1. The van der Waals surface area contributed by atoms with Crippen LogP contribution in [0.5, 0.6) is 5.75 Å². The van der Waals surface area contributed by atoms with E-state index < -0.39 is 0 Å². The molecule has 0 spiro atoms. The molecule has 5 nitrogen and oxygen atoms in total. The van der Waals surface area contributed by atoms with Crippen molar-refractivity contribution in [1.82, 2.24) is 9.99 Å². The maximum Gasteiger partial charge on any atom is 0.277 e. The van der Waals surface area contributed by atoms with Crippen molar-refractivity contribution in [3.63, 3.8) is 0 Å². The van der Waals surface area contributed by atoms with Gasteiger partial charge in [0.2, 0.25) is 0 Å². The van der Waals surface area contributed by atoms with Crippen LogP contribution in [0.2, 0.25) is 5.02 Å². The Balaban J connectivity index is 1.43. The molecule has 3 rings (SSSR count). The second kappa shape index (κ2) is 8.72. The van der Waals surface area contributed by atoms with Crippen molar-refractivity contribution in [3.8, 4) is 5.75 Å². The van der Waals surface area contributed by atoms with Gasteiger partial charge in [0.1, 0.15) is 5.75 Å². The van der Waals surface area contributed by atoms with Crippen LogP contribution in [0.4, 0.5) is 0 Å². The quantitative estimate of drug-likeness (QED) is 0.621. The van der Waals surface area contributed by atoms with Gasteiger partial charge < -0.3 is 9.30 Å². The van der Waals surface area contributed by atoms with Gasteiger partial charge in [-0.15, -0.1) is 0 Å². The van der Waals surface area contributed by atoms with E-state index in [0.717, 1.165) is 5.56 Å². The highest BCUT2D eigenvalue weighted by molar-refractivity contribution is 6.30. The molecule has 6 heteroatoms. The molecular weight excluding hydrogens is 338 g/mol. The monoisotopic (exact) mass is 359 g/mol. The molecule has 0 atom stereocenters. The van der Waals surface area contributed by atoms with Crippen molar-refractivity contribution in [2.45, 2.75) is 38.1 Å². The lowest BCUT2D eigenvalue weighted by molar-refractivity contribution is -0.123. The van der Waals surface area contributed by atoms with Crippen molar-refractivity contribution < 1.29 is 9.53 Å². The van der Waals surface area contributed by atoms with E-state index in [1.165, 1.54) is 32.1 Å². The molecule has 0 unspecified atom stereocenters. The SMILES string of the molecule is O=C(COc1ccc(Cl)cc1)N/N=C\c1ccn(C2CCCCC2)c1.